The highest BCUT2D eigenvalue weighted by atomic mass is 127. The molecule has 3 aliphatic rings. The summed E-state index contributed by atoms with van der Waals surface area (Å²) in [6, 6.07) is 8.59. The third-order valence-corrected chi connectivity index (χ3v) is 7.35. The van der Waals surface area contributed by atoms with Crippen LogP contribution in [0.4, 0.5) is 0 Å². The largest absolute Gasteiger partial charge is 0.497 e. The Labute approximate surface area is 192 Å². The van der Waals surface area contributed by atoms with Crippen LogP contribution < -0.4 is 10.1 Å². The maximum absolute atomic E-state index is 5.69. The lowest BCUT2D eigenvalue weighted by Gasteiger charge is -2.39. The summed E-state index contributed by atoms with van der Waals surface area (Å²) < 4.78 is 11.0. The van der Waals surface area contributed by atoms with Gasteiger partial charge in [-0.2, -0.15) is 0 Å². The van der Waals surface area contributed by atoms with E-state index in [1.807, 2.05) is 7.05 Å². The molecule has 0 unspecified atom stereocenters. The molecule has 1 aliphatic carbocycles. The van der Waals surface area contributed by atoms with E-state index in [-0.39, 0.29) is 29.4 Å². The van der Waals surface area contributed by atoms with Crippen molar-refractivity contribution in [2.75, 3.05) is 47.0 Å². The van der Waals surface area contributed by atoms with Crippen LogP contribution in [0.1, 0.15) is 50.5 Å². The SMILES string of the molecule is CN=C(NCC1(c2ccc(OC)cc2)CCOCC1)N1CCC2(CCCC2)C1.I. The first-order chi connectivity index (χ1) is 13.7. The Kier molecular flexibility index (Phi) is 7.70. The van der Waals surface area contributed by atoms with E-state index in [0.717, 1.165) is 50.9 Å². The molecular weight excluding hydrogens is 477 g/mol. The van der Waals surface area contributed by atoms with Crippen LogP contribution in [0.15, 0.2) is 29.3 Å². The minimum atomic E-state index is 0. The molecule has 2 saturated heterocycles. The topological polar surface area (TPSA) is 46.1 Å². The first-order valence-corrected chi connectivity index (χ1v) is 10.9. The van der Waals surface area contributed by atoms with Crippen molar-refractivity contribution in [1.82, 2.24) is 10.2 Å². The number of benzene rings is 1. The molecule has 5 nitrogen and oxygen atoms in total. The smallest absolute Gasteiger partial charge is 0.193 e. The van der Waals surface area contributed by atoms with Crippen molar-refractivity contribution >= 4 is 29.9 Å². The van der Waals surface area contributed by atoms with Gasteiger partial charge in [-0.1, -0.05) is 25.0 Å². The second-order valence-electron chi connectivity index (χ2n) is 8.90. The van der Waals surface area contributed by atoms with Crippen molar-refractivity contribution in [3.63, 3.8) is 0 Å². The Balaban J connectivity index is 0.00000240. The van der Waals surface area contributed by atoms with Gasteiger partial charge in [-0.25, -0.2) is 0 Å². The number of methoxy groups -OCH3 is 1. The van der Waals surface area contributed by atoms with Crippen molar-refractivity contribution in [1.29, 1.82) is 0 Å². The van der Waals surface area contributed by atoms with E-state index in [4.69, 9.17) is 9.47 Å². The number of hydrogen-bond donors (Lipinski definition) is 1. The highest BCUT2D eigenvalue weighted by Gasteiger charge is 2.42. The zero-order chi connectivity index (χ0) is 19.5. The third-order valence-electron chi connectivity index (χ3n) is 7.35. The number of hydrogen-bond acceptors (Lipinski definition) is 3. The van der Waals surface area contributed by atoms with Crippen LogP contribution in [-0.4, -0.2) is 57.9 Å². The van der Waals surface area contributed by atoms with E-state index < -0.39 is 0 Å². The van der Waals surface area contributed by atoms with Crippen LogP contribution in [0.25, 0.3) is 0 Å². The molecular formula is C23H36IN3O2. The van der Waals surface area contributed by atoms with Crippen molar-refractivity contribution in [2.24, 2.45) is 10.4 Å². The molecule has 162 valence electrons. The van der Waals surface area contributed by atoms with E-state index in [1.54, 1.807) is 7.11 Å². The summed E-state index contributed by atoms with van der Waals surface area (Å²) in [5, 5.41) is 3.74. The number of aliphatic imine (C=N–C) groups is 1. The molecule has 6 heteroatoms. The van der Waals surface area contributed by atoms with Crippen LogP contribution >= 0.6 is 24.0 Å². The first-order valence-electron chi connectivity index (χ1n) is 10.9. The minimum absolute atomic E-state index is 0. The number of nitrogens with zero attached hydrogens (tertiary/aromatic N) is 2. The molecule has 0 atom stereocenters. The van der Waals surface area contributed by atoms with Gasteiger partial charge in [-0.3, -0.25) is 4.99 Å². The number of likely N-dealkylation sites (tertiary alicyclic amines) is 1. The average Bonchev–Trinajstić information content (AvgIpc) is 3.39. The highest BCUT2D eigenvalue weighted by Crippen LogP contribution is 2.45. The lowest BCUT2D eigenvalue weighted by atomic mass is 9.74. The maximum Gasteiger partial charge on any atom is 0.193 e. The van der Waals surface area contributed by atoms with Gasteiger partial charge in [0.25, 0.3) is 0 Å². The molecule has 1 aromatic rings. The predicted octanol–water partition coefficient (Wildman–Crippen LogP) is 4.20. The van der Waals surface area contributed by atoms with E-state index in [9.17, 15) is 0 Å². The van der Waals surface area contributed by atoms with E-state index in [1.165, 1.54) is 44.2 Å². The molecule has 0 amide bonds. The average molecular weight is 513 g/mol. The van der Waals surface area contributed by atoms with Crippen LogP contribution in [0.2, 0.25) is 0 Å². The Hall–Kier alpha value is -1.02. The van der Waals surface area contributed by atoms with Crippen molar-refractivity contribution in [2.45, 2.75) is 50.4 Å². The molecule has 0 bridgehead atoms. The molecule has 1 aromatic carbocycles. The second kappa shape index (κ2) is 9.86. The minimum Gasteiger partial charge on any atom is -0.497 e. The van der Waals surface area contributed by atoms with Gasteiger partial charge in [0.2, 0.25) is 0 Å². The van der Waals surface area contributed by atoms with Crippen molar-refractivity contribution < 1.29 is 9.47 Å². The zero-order valence-corrected chi connectivity index (χ0v) is 20.2. The summed E-state index contributed by atoms with van der Waals surface area (Å²) in [5.74, 6) is 1.98. The Morgan fingerprint density at radius 2 is 1.79 bits per heavy atom. The third kappa shape index (κ3) is 4.84. The molecule has 1 N–H and O–H groups in total. The first kappa shape index (κ1) is 22.7. The molecule has 29 heavy (non-hydrogen) atoms. The Morgan fingerprint density at radius 1 is 1.10 bits per heavy atom. The van der Waals surface area contributed by atoms with Gasteiger partial charge in [0.15, 0.2) is 5.96 Å². The van der Waals surface area contributed by atoms with Gasteiger partial charge >= 0.3 is 0 Å². The van der Waals surface area contributed by atoms with Gasteiger partial charge in [0, 0.05) is 45.3 Å². The Morgan fingerprint density at radius 3 is 2.41 bits per heavy atom. The molecule has 2 heterocycles. The quantitative estimate of drug-likeness (QED) is 0.373. The normalized spacial score (nSPS) is 23.1. The maximum atomic E-state index is 5.69. The highest BCUT2D eigenvalue weighted by molar-refractivity contribution is 14.0. The molecule has 0 aromatic heterocycles. The molecule has 4 rings (SSSR count). The predicted molar refractivity (Wildman–Crippen MR) is 129 cm³/mol. The fourth-order valence-electron chi connectivity index (χ4n) is 5.50. The monoisotopic (exact) mass is 513 g/mol. The van der Waals surface area contributed by atoms with E-state index in [2.05, 4.69) is 39.5 Å². The van der Waals surface area contributed by atoms with Gasteiger partial charge in [0.1, 0.15) is 5.75 Å². The van der Waals surface area contributed by atoms with Crippen LogP contribution in [0, 0.1) is 5.41 Å². The summed E-state index contributed by atoms with van der Waals surface area (Å²) in [6.07, 6.45) is 8.99. The summed E-state index contributed by atoms with van der Waals surface area (Å²) in [4.78, 5) is 7.13. The molecule has 1 saturated carbocycles. The second-order valence-corrected chi connectivity index (χ2v) is 8.90. The number of guanidine groups is 1. The number of halogens is 1. The van der Waals surface area contributed by atoms with Gasteiger partial charge < -0.3 is 19.7 Å². The lowest BCUT2D eigenvalue weighted by Crippen LogP contribution is -2.49. The number of nitrogens with one attached hydrogen (secondary N) is 1. The van der Waals surface area contributed by atoms with Crippen molar-refractivity contribution in [3.05, 3.63) is 29.8 Å². The van der Waals surface area contributed by atoms with Gasteiger partial charge in [-0.05, 0) is 55.2 Å². The standard InChI is InChI=1S/C23H35N3O2.HI/c1-24-21(26-14-11-22(18-26)9-3-4-10-22)25-17-23(12-15-28-16-13-23)19-5-7-20(27-2)8-6-19;/h5-8H,3-4,9-18H2,1-2H3,(H,24,25);1H. The van der Waals surface area contributed by atoms with E-state index >= 15 is 0 Å². The summed E-state index contributed by atoms with van der Waals surface area (Å²) in [5.41, 5.74) is 2.02. The van der Waals surface area contributed by atoms with E-state index in [0.29, 0.717) is 5.41 Å². The fourth-order valence-corrected chi connectivity index (χ4v) is 5.50. The molecule has 3 fully saturated rings. The van der Waals surface area contributed by atoms with Crippen LogP contribution in [0.5, 0.6) is 5.75 Å². The molecule has 0 radical (unpaired) electrons. The summed E-state index contributed by atoms with van der Waals surface area (Å²) in [6.45, 7) is 4.85. The summed E-state index contributed by atoms with van der Waals surface area (Å²) >= 11 is 0. The van der Waals surface area contributed by atoms with Crippen molar-refractivity contribution in [3.8, 4) is 5.75 Å². The molecule has 2 aliphatic heterocycles. The number of rotatable bonds is 4. The van der Waals surface area contributed by atoms with Gasteiger partial charge in [-0.15, -0.1) is 24.0 Å². The van der Waals surface area contributed by atoms with Gasteiger partial charge in [0.05, 0.1) is 7.11 Å². The van der Waals surface area contributed by atoms with Crippen LogP contribution in [0.3, 0.4) is 0 Å². The Bertz CT molecular complexity index is 680. The fraction of sp³-hybridized carbons (Fsp3) is 0.696. The van der Waals surface area contributed by atoms with Crippen LogP contribution in [-0.2, 0) is 10.2 Å². The number of ether oxygens (including phenoxy) is 2. The lowest BCUT2D eigenvalue weighted by molar-refractivity contribution is 0.0512. The molecule has 1 spiro atoms. The zero-order valence-electron chi connectivity index (χ0n) is 17.9. The summed E-state index contributed by atoms with van der Waals surface area (Å²) in [7, 11) is 3.64.